The van der Waals surface area contributed by atoms with Gasteiger partial charge >= 0.3 is 5.97 Å². The van der Waals surface area contributed by atoms with Crippen LogP contribution >= 0.6 is 11.3 Å². The molecule has 0 aromatic carbocycles. The Morgan fingerprint density at radius 1 is 1.32 bits per heavy atom. The van der Waals surface area contributed by atoms with Crippen LogP contribution in [0.15, 0.2) is 17.5 Å². The molecule has 2 unspecified atom stereocenters. The number of carbonyl (C=O) groups excluding carboxylic acids is 1. The Bertz CT molecular complexity index is 486. The molecule has 122 valence electrons. The van der Waals surface area contributed by atoms with Gasteiger partial charge in [-0.2, -0.15) is 0 Å². The Hall–Kier alpha value is -1.36. The second-order valence-corrected chi connectivity index (χ2v) is 7.18. The topological polar surface area (TPSA) is 57.6 Å². The van der Waals surface area contributed by atoms with Crippen molar-refractivity contribution in [3.63, 3.8) is 0 Å². The summed E-state index contributed by atoms with van der Waals surface area (Å²) in [4.78, 5) is 26.6. The second kappa shape index (κ2) is 8.32. The molecule has 0 radical (unpaired) electrons. The van der Waals surface area contributed by atoms with Gasteiger partial charge in [-0.05, 0) is 50.5 Å². The molecule has 0 saturated carbocycles. The number of carbonyl (C=O) groups is 2. The highest BCUT2D eigenvalue weighted by molar-refractivity contribution is 7.09. The van der Waals surface area contributed by atoms with Gasteiger partial charge in [0.1, 0.15) is 0 Å². The van der Waals surface area contributed by atoms with Gasteiger partial charge in [-0.3, -0.25) is 9.59 Å². The summed E-state index contributed by atoms with van der Waals surface area (Å²) >= 11 is 1.78. The van der Waals surface area contributed by atoms with Crippen LogP contribution in [0.5, 0.6) is 0 Å². The Balaban J connectivity index is 1.68. The third-order valence-corrected chi connectivity index (χ3v) is 5.38. The lowest BCUT2D eigenvalue weighted by atomic mass is 9.93. The molecule has 2 rings (SSSR count). The molecule has 2 atom stereocenters. The molecular weight excluding hydrogens is 298 g/mol. The zero-order valence-electron chi connectivity index (χ0n) is 13.2. The zero-order valence-corrected chi connectivity index (χ0v) is 14.0. The van der Waals surface area contributed by atoms with E-state index in [-0.39, 0.29) is 17.9 Å². The number of hydrogen-bond acceptors (Lipinski definition) is 3. The van der Waals surface area contributed by atoms with E-state index in [1.54, 1.807) is 16.2 Å². The van der Waals surface area contributed by atoms with E-state index in [1.807, 2.05) is 6.92 Å². The van der Waals surface area contributed by atoms with Crippen LogP contribution in [-0.4, -0.2) is 34.5 Å². The van der Waals surface area contributed by atoms with Gasteiger partial charge in [0.25, 0.3) is 0 Å². The van der Waals surface area contributed by atoms with Crippen molar-refractivity contribution in [2.24, 2.45) is 5.92 Å². The number of aliphatic carboxylic acids is 1. The van der Waals surface area contributed by atoms with Gasteiger partial charge in [-0.25, -0.2) is 0 Å². The number of carboxylic acids is 1. The van der Waals surface area contributed by atoms with E-state index in [9.17, 15) is 9.59 Å². The van der Waals surface area contributed by atoms with Crippen molar-refractivity contribution in [1.82, 2.24) is 4.90 Å². The minimum Gasteiger partial charge on any atom is -0.481 e. The van der Waals surface area contributed by atoms with Crippen LogP contribution in [0.4, 0.5) is 0 Å². The molecule has 1 aromatic heterocycles. The number of amides is 1. The maximum Gasteiger partial charge on any atom is 0.308 e. The number of piperidine rings is 1. The van der Waals surface area contributed by atoms with E-state index in [1.165, 1.54) is 4.88 Å². The van der Waals surface area contributed by atoms with Crippen molar-refractivity contribution in [1.29, 1.82) is 0 Å². The third kappa shape index (κ3) is 4.83. The van der Waals surface area contributed by atoms with Crippen LogP contribution in [0.3, 0.4) is 0 Å². The Morgan fingerprint density at radius 2 is 2.14 bits per heavy atom. The summed E-state index contributed by atoms with van der Waals surface area (Å²) < 4.78 is 0. The summed E-state index contributed by atoms with van der Waals surface area (Å²) in [5.74, 6) is -1.05. The number of nitrogens with zero attached hydrogens (tertiary/aromatic N) is 1. The Labute approximate surface area is 136 Å². The number of rotatable bonds is 7. The minimum atomic E-state index is -0.777. The summed E-state index contributed by atoms with van der Waals surface area (Å²) in [6.45, 7) is 2.40. The van der Waals surface area contributed by atoms with Crippen molar-refractivity contribution in [2.75, 3.05) is 6.54 Å². The fourth-order valence-electron chi connectivity index (χ4n) is 3.01. The molecule has 1 aliphatic rings. The van der Waals surface area contributed by atoms with E-state index in [2.05, 4.69) is 17.5 Å². The largest absolute Gasteiger partial charge is 0.481 e. The molecule has 1 amide bonds. The van der Waals surface area contributed by atoms with E-state index < -0.39 is 5.97 Å². The molecular formula is C17H25NO3S. The summed E-state index contributed by atoms with van der Waals surface area (Å²) in [7, 11) is 0. The molecule has 2 heterocycles. The number of hydrogen-bond donors (Lipinski definition) is 1. The molecule has 1 N–H and O–H groups in total. The van der Waals surface area contributed by atoms with Crippen molar-refractivity contribution < 1.29 is 14.7 Å². The van der Waals surface area contributed by atoms with E-state index in [0.717, 1.165) is 32.1 Å². The first-order chi connectivity index (χ1) is 10.6. The molecule has 1 fully saturated rings. The van der Waals surface area contributed by atoms with Crippen LogP contribution < -0.4 is 0 Å². The van der Waals surface area contributed by atoms with Gasteiger partial charge in [0.05, 0.1) is 5.92 Å². The SMILES string of the molecule is CC1CCC(C(=O)O)CN1C(=O)CCCCCc1cccs1. The number of likely N-dealkylation sites (tertiary alicyclic amines) is 1. The van der Waals surface area contributed by atoms with Crippen LogP contribution in [-0.2, 0) is 16.0 Å². The molecule has 0 aliphatic carbocycles. The van der Waals surface area contributed by atoms with E-state index in [0.29, 0.717) is 19.4 Å². The first-order valence-corrected chi connectivity index (χ1v) is 9.00. The maximum absolute atomic E-state index is 12.3. The Kier molecular flexibility index (Phi) is 6.43. The average Bonchev–Trinajstić information content (AvgIpc) is 3.00. The zero-order chi connectivity index (χ0) is 15.9. The summed E-state index contributed by atoms with van der Waals surface area (Å²) in [6.07, 6.45) is 6.16. The average molecular weight is 323 g/mol. The second-order valence-electron chi connectivity index (χ2n) is 6.15. The predicted molar refractivity (Wildman–Crippen MR) is 88.0 cm³/mol. The smallest absolute Gasteiger partial charge is 0.308 e. The number of unbranched alkanes of at least 4 members (excludes halogenated alkanes) is 2. The lowest BCUT2D eigenvalue weighted by Gasteiger charge is -2.36. The standard InChI is InChI=1S/C17H25NO3S/c1-13-9-10-14(17(20)21)12-18(13)16(19)8-4-2-3-6-15-7-5-11-22-15/h5,7,11,13-14H,2-4,6,8-10,12H2,1H3,(H,20,21). The normalized spacial score (nSPS) is 21.8. The molecule has 4 nitrogen and oxygen atoms in total. The molecule has 22 heavy (non-hydrogen) atoms. The highest BCUT2D eigenvalue weighted by atomic mass is 32.1. The fraction of sp³-hybridized carbons (Fsp3) is 0.647. The van der Waals surface area contributed by atoms with Crippen molar-refractivity contribution >= 4 is 23.2 Å². The van der Waals surface area contributed by atoms with Crippen LogP contribution in [0.25, 0.3) is 0 Å². The Morgan fingerprint density at radius 3 is 2.82 bits per heavy atom. The lowest BCUT2D eigenvalue weighted by Crippen LogP contribution is -2.47. The quantitative estimate of drug-likeness (QED) is 0.781. The molecule has 0 bridgehead atoms. The van der Waals surface area contributed by atoms with E-state index >= 15 is 0 Å². The molecule has 5 heteroatoms. The fourth-order valence-corrected chi connectivity index (χ4v) is 3.76. The monoisotopic (exact) mass is 323 g/mol. The summed E-state index contributed by atoms with van der Waals surface area (Å²) in [6, 6.07) is 4.39. The first-order valence-electron chi connectivity index (χ1n) is 8.12. The molecule has 0 spiro atoms. The van der Waals surface area contributed by atoms with Gasteiger partial charge in [0.15, 0.2) is 0 Å². The predicted octanol–water partition coefficient (Wildman–Crippen LogP) is 3.56. The molecule has 1 saturated heterocycles. The number of thiophene rings is 1. The van der Waals surface area contributed by atoms with Gasteiger partial charge in [-0.1, -0.05) is 12.5 Å². The highest BCUT2D eigenvalue weighted by Gasteiger charge is 2.31. The molecule has 1 aromatic rings. The first kappa shape index (κ1) is 17.0. The van der Waals surface area contributed by atoms with Gasteiger partial charge in [0.2, 0.25) is 5.91 Å². The van der Waals surface area contributed by atoms with Gasteiger partial charge in [0, 0.05) is 23.9 Å². The number of carboxylic acid groups (broad SMARTS) is 1. The summed E-state index contributed by atoms with van der Waals surface area (Å²) in [5.41, 5.74) is 0. The van der Waals surface area contributed by atoms with Crippen molar-refractivity contribution in [2.45, 2.75) is 57.9 Å². The van der Waals surface area contributed by atoms with E-state index in [4.69, 9.17) is 5.11 Å². The van der Waals surface area contributed by atoms with Gasteiger partial charge in [-0.15, -0.1) is 11.3 Å². The van der Waals surface area contributed by atoms with Crippen LogP contribution in [0.2, 0.25) is 0 Å². The van der Waals surface area contributed by atoms with Gasteiger partial charge < -0.3 is 10.0 Å². The van der Waals surface area contributed by atoms with Crippen molar-refractivity contribution in [3.05, 3.63) is 22.4 Å². The summed E-state index contributed by atoms with van der Waals surface area (Å²) in [5, 5.41) is 11.2. The maximum atomic E-state index is 12.3. The highest BCUT2D eigenvalue weighted by Crippen LogP contribution is 2.23. The van der Waals surface area contributed by atoms with Crippen LogP contribution in [0.1, 0.15) is 50.3 Å². The van der Waals surface area contributed by atoms with Crippen LogP contribution in [0, 0.1) is 5.92 Å². The number of aryl methyl sites for hydroxylation is 1. The molecule has 1 aliphatic heterocycles. The third-order valence-electron chi connectivity index (χ3n) is 4.45. The van der Waals surface area contributed by atoms with Crippen molar-refractivity contribution in [3.8, 4) is 0 Å². The minimum absolute atomic E-state index is 0.120. The lowest BCUT2D eigenvalue weighted by molar-refractivity contribution is -0.147.